The Balaban J connectivity index is 2.25. The molecule has 40 valence electrons. The first-order valence-corrected chi connectivity index (χ1v) is 4.28. The van der Waals surface area contributed by atoms with E-state index in [1.165, 1.54) is 0 Å². The largest absolute Gasteiger partial charge is 0.309 e. The van der Waals surface area contributed by atoms with Gasteiger partial charge in [0.05, 0.1) is 0 Å². The van der Waals surface area contributed by atoms with Crippen LogP contribution in [0.15, 0.2) is 0 Å². The monoisotopic (exact) mass is 117 g/mol. The molecule has 1 fully saturated rings. The number of nitrogens with one attached hydrogen (secondary N) is 2. The van der Waals surface area contributed by atoms with Gasteiger partial charge in [0.15, 0.2) is 7.71 Å². The van der Waals surface area contributed by atoms with E-state index in [1.54, 1.807) is 0 Å². The van der Waals surface area contributed by atoms with Gasteiger partial charge in [-0.1, -0.05) is 0 Å². The molecule has 0 aromatic rings. The zero-order valence-corrected chi connectivity index (χ0v) is 5.17. The van der Waals surface area contributed by atoms with E-state index in [9.17, 15) is 0 Å². The standard InChI is InChI=1S/C4H10N2P/c5-7-3-1-6-2-4-7/h5-6H,1-4H2/q+1. The first kappa shape index (κ1) is 5.20. The van der Waals surface area contributed by atoms with Gasteiger partial charge >= 0.3 is 0 Å². The summed E-state index contributed by atoms with van der Waals surface area (Å²) in [4.78, 5) is 0. The van der Waals surface area contributed by atoms with Crippen molar-refractivity contribution in [2.45, 2.75) is 0 Å². The van der Waals surface area contributed by atoms with E-state index in [0.717, 1.165) is 25.4 Å². The molecular weight excluding hydrogens is 107 g/mol. The lowest BCUT2D eigenvalue weighted by atomic mass is 10.6. The van der Waals surface area contributed by atoms with Crippen molar-refractivity contribution < 1.29 is 0 Å². The van der Waals surface area contributed by atoms with E-state index in [1.807, 2.05) is 0 Å². The molecule has 0 aromatic heterocycles. The fourth-order valence-electron chi connectivity index (χ4n) is 0.665. The predicted molar refractivity (Wildman–Crippen MR) is 32.2 cm³/mol. The summed E-state index contributed by atoms with van der Waals surface area (Å²) in [6.07, 6.45) is 2.21. The molecule has 3 heteroatoms. The molecule has 1 rings (SSSR count). The van der Waals surface area contributed by atoms with E-state index in [2.05, 4.69) is 5.32 Å². The van der Waals surface area contributed by atoms with Crippen LogP contribution >= 0.6 is 7.71 Å². The Morgan fingerprint density at radius 3 is 2.14 bits per heavy atom. The van der Waals surface area contributed by atoms with Crippen molar-refractivity contribution in [2.75, 3.05) is 25.4 Å². The second-order valence-electron chi connectivity index (χ2n) is 1.74. The third-order valence-corrected chi connectivity index (χ3v) is 2.64. The molecule has 0 bridgehead atoms. The van der Waals surface area contributed by atoms with Gasteiger partial charge < -0.3 is 5.32 Å². The molecule has 0 amide bonds. The molecule has 0 atom stereocenters. The fraction of sp³-hybridized carbons (Fsp3) is 1.00. The Hall–Kier alpha value is 0.0600. The molecule has 2 N–H and O–H groups in total. The third kappa shape index (κ3) is 1.54. The summed E-state index contributed by atoms with van der Waals surface area (Å²) >= 11 is 0. The van der Waals surface area contributed by atoms with Crippen LogP contribution in [0.2, 0.25) is 0 Å². The molecule has 1 heterocycles. The molecule has 1 aliphatic heterocycles. The molecule has 0 aromatic carbocycles. The number of hydrogen-bond acceptors (Lipinski definition) is 2. The molecular formula is C4H10N2P+. The summed E-state index contributed by atoms with van der Waals surface area (Å²) in [6.45, 7) is 2.16. The van der Waals surface area contributed by atoms with Crippen LogP contribution in [0.25, 0.3) is 0 Å². The normalized spacial score (nSPS) is 22.6. The second-order valence-corrected chi connectivity index (χ2v) is 3.71. The molecule has 0 radical (unpaired) electrons. The Bertz CT molecular complexity index is 73.8. The van der Waals surface area contributed by atoms with Gasteiger partial charge in [-0.2, -0.15) is 0 Å². The van der Waals surface area contributed by atoms with Crippen LogP contribution in [0.5, 0.6) is 0 Å². The number of hydrogen-bond donors (Lipinski definition) is 2. The van der Waals surface area contributed by atoms with Gasteiger partial charge in [0.2, 0.25) is 0 Å². The lowest BCUT2D eigenvalue weighted by Crippen LogP contribution is -2.24. The van der Waals surface area contributed by atoms with E-state index in [-0.39, 0.29) is 7.71 Å². The van der Waals surface area contributed by atoms with Gasteiger partial charge in [-0.25, -0.2) is 0 Å². The summed E-state index contributed by atoms with van der Waals surface area (Å²) < 4.78 is 0. The highest BCUT2D eigenvalue weighted by Crippen LogP contribution is 2.20. The van der Waals surface area contributed by atoms with Crippen LogP contribution < -0.4 is 5.32 Å². The first-order valence-electron chi connectivity index (χ1n) is 2.56. The third-order valence-electron chi connectivity index (χ3n) is 1.12. The zero-order valence-electron chi connectivity index (χ0n) is 4.28. The molecule has 0 aliphatic carbocycles. The van der Waals surface area contributed by atoms with Gasteiger partial charge in [-0.3, -0.25) is 0 Å². The van der Waals surface area contributed by atoms with Gasteiger partial charge in [0, 0.05) is 13.1 Å². The van der Waals surface area contributed by atoms with Crippen LogP contribution in [-0.4, -0.2) is 25.4 Å². The van der Waals surface area contributed by atoms with E-state index < -0.39 is 0 Å². The van der Waals surface area contributed by atoms with Crippen molar-refractivity contribution in [3.05, 3.63) is 0 Å². The molecule has 0 saturated carbocycles. The molecule has 0 spiro atoms. The highest BCUT2D eigenvalue weighted by Gasteiger charge is 2.12. The van der Waals surface area contributed by atoms with Crippen molar-refractivity contribution in [1.82, 2.24) is 5.32 Å². The van der Waals surface area contributed by atoms with Crippen molar-refractivity contribution in [2.24, 2.45) is 0 Å². The van der Waals surface area contributed by atoms with E-state index in [4.69, 9.17) is 5.16 Å². The number of rotatable bonds is 0. The van der Waals surface area contributed by atoms with Crippen LogP contribution in [-0.2, 0) is 0 Å². The summed E-state index contributed by atoms with van der Waals surface area (Å²) in [5.74, 6) is 0. The Kier molecular flexibility index (Phi) is 1.77. The highest BCUT2D eigenvalue weighted by molar-refractivity contribution is 7.46. The van der Waals surface area contributed by atoms with Crippen LogP contribution in [0.3, 0.4) is 0 Å². The lowest BCUT2D eigenvalue weighted by Gasteiger charge is -2.02. The maximum Gasteiger partial charge on any atom is 0.198 e. The van der Waals surface area contributed by atoms with Gasteiger partial charge in [-0.15, -0.1) is 5.16 Å². The minimum absolute atomic E-state index is 0.304. The van der Waals surface area contributed by atoms with E-state index in [0.29, 0.717) is 0 Å². The summed E-state index contributed by atoms with van der Waals surface area (Å²) in [5.41, 5.74) is 0. The molecule has 7 heavy (non-hydrogen) atoms. The van der Waals surface area contributed by atoms with Crippen LogP contribution in [0.4, 0.5) is 0 Å². The Labute approximate surface area is 44.6 Å². The van der Waals surface area contributed by atoms with Crippen LogP contribution in [0.1, 0.15) is 0 Å². The van der Waals surface area contributed by atoms with Crippen LogP contribution in [0, 0.1) is 5.16 Å². The second kappa shape index (κ2) is 2.39. The molecule has 2 nitrogen and oxygen atoms in total. The summed E-state index contributed by atoms with van der Waals surface area (Å²) in [5, 5.41) is 10.5. The molecule has 1 saturated heterocycles. The first-order chi connectivity index (χ1) is 3.39. The fourth-order valence-corrected chi connectivity index (χ4v) is 1.74. The van der Waals surface area contributed by atoms with Crippen molar-refractivity contribution >= 4 is 7.71 Å². The topological polar surface area (TPSA) is 35.9 Å². The van der Waals surface area contributed by atoms with Crippen molar-refractivity contribution in [3.8, 4) is 0 Å². The quantitative estimate of drug-likeness (QED) is 0.453. The van der Waals surface area contributed by atoms with Gasteiger partial charge in [0.1, 0.15) is 12.3 Å². The van der Waals surface area contributed by atoms with Crippen molar-refractivity contribution in [1.29, 1.82) is 5.16 Å². The minimum Gasteiger partial charge on any atom is -0.309 e. The SMILES string of the molecule is N=[P+]1CCNCC1. The zero-order chi connectivity index (χ0) is 5.11. The highest BCUT2D eigenvalue weighted by atomic mass is 31.1. The summed E-state index contributed by atoms with van der Waals surface area (Å²) in [6, 6.07) is 0. The van der Waals surface area contributed by atoms with Gasteiger partial charge in [0.25, 0.3) is 0 Å². The molecule has 1 aliphatic rings. The average molecular weight is 117 g/mol. The average Bonchev–Trinajstić information content (AvgIpc) is 1.69. The van der Waals surface area contributed by atoms with Gasteiger partial charge in [-0.05, 0) is 0 Å². The maximum atomic E-state index is 7.30. The minimum atomic E-state index is -0.304. The Morgan fingerprint density at radius 1 is 1.29 bits per heavy atom. The lowest BCUT2D eigenvalue weighted by molar-refractivity contribution is 0.747. The Morgan fingerprint density at radius 2 is 1.86 bits per heavy atom. The maximum absolute atomic E-state index is 7.30. The molecule has 0 unspecified atom stereocenters. The summed E-state index contributed by atoms with van der Waals surface area (Å²) in [7, 11) is -0.304. The van der Waals surface area contributed by atoms with E-state index >= 15 is 0 Å². The predicted octanol–water partition coefficient (Wildman–Crippen LogP) is 0.834. The smallest absolute Gasteiger partial charge is 0.198 e. The van der Waals surface area contributed by atoms with Crippen molar-refractivity contribution in [3.63, 3.8) is 0 Å².